The molecule has 2 aromatic rings. The average molecular weight is 357 g/mol. The van der Waals surface area contributed by atoms with E-state index in [1.165, 1.54) is 0 Å². The zero-order valence-corrected chi connectivity index (χ0v) is 15.1. The summed E-state index contributed by atoms with van der Waals surface area (Å²) in [7, 11) is 1.61. The lowest BCUT2D eigenvalue weighted by Crippen LogP contribution is -2.51. The Morgan fingerprint density at radius 3 is 2.69 bits per heavy atom. The van der Waals surface area contributed by atoms with Crippen LogP contribution in [0.5, 0.6) is 5.75 Å². The summed E-state index contributed by atoms with van der Waals surface area (Å²) in [5.74, 6) is 1.23. The van der Waals surface area contributed by atoms with E-state index >= 15 is 0 Å². The minimum absolute atomic E-state index is 0.142. The third kappa shape index (κ3) is 4.36. The van der Waals surface area contributed by atoms with E-state index in [4.69, 9.17) is 14.2 Å². The molecule has 3 rings (SSSR count). The van der Waals surface area contributed by atoms with Crippen molar-refractivity contribution in [3.63, 3.8) is 0 Å². The number of hydrogen-bond donors (Lipinski definition) is 0. The fraction of sp³-hybridized carbons (Fsp3) is 0.421. The van der Waals surface area contributed by atoms with Crippen LogP contribution in [0.1, 0.15) is 16.2 Å². The second kappa shape index (κ2) is 8.25. The van der Waals surface area contributed by atoms with Crippen molar-refractivity contribution in [2.45, 2.75) is 12.5 Å². The predicted octanol–water partition coefficient (Wildman–Crippen LogP) is 1.72. The molecular formula is C19H23N3O4. The molecule has 1 aliphatic heterocycles. The molecule has 7 heteroatoms. The number of aromatic nitrogens is 2. The maximum atomic E-state index is 12.8. The molecule has 0 spiro atoms. The van der Waals surface area contributed by atoms with Crippen LogP contribution in [0.2, 0.25) is 0 Å². The first-order valence-corrected chi connectivity index (χ1v) is 8.51. The highest BCUT2D eigenvalue weighted by Crippen LogP contribution is 2.20. The summed E-state index contributed by atoms with van der Waals surface area (Å²) in [6, 6.07) is 9.51. The van der Waals surface area contributed by atoms with E-state index in [0.29, 0.717) is 37.7 Å². The SMILES string of the molecule is CO[C@]1(COc2ccccc2)COCCN(C(=O)c2cnc(C)nc2)C1. The minimum Gasteiger partial charge on any atom is -0.490 e. The van der Waals surface area contributed by atoms with Gasteiger partial charge in [-0.1, -0.05) is 18.2 Å². The monoisotopic (exact) mass is 357 g/mol. The maximum Gasteiger partial charge on any atom is 0.257 e. The van der Waals surface area contributed by atoms with Gasteiger partial charge in [-0.05, 0) is 19.1 Å². The first-order chi connectivity index (χ1) is 12.6. The van der Waals surface area contributed by atoms with Gasteiger partial charge in [0.25, 0.3) is 5.91 Å². The van der Waals surface area contributed by atoms with Crippen molar-refractivity contribution in [2.24, 2.45) is 0 Å². The van der Waals surface area contributed by atoms with Gasteiger partial charge in [0.05, 0.1) is 25.3 Å². The number of ether oxygens (including phenoxy) is 3. The lowest BCUT2D eigenvalue weighted by Gasteiger charge is -2.34. The summed E-state index contributed by atoms with van der Waals surface area (Å²) < 4.78 is 17.3. The largest absolute Gasteiger partial charge is 0.490 e. The lowest BCUT2D eigenvalue weighted by atomic mass is 10.1. The second-order valence-corrected chi connectivity index (χ2v) is 6.29. The number of methoxy groups -OCH3 is 1. The molecule has 7 nitrogen and oxygen atoms in total. The van der Waals surface area contributed by atoms with Crippen LogP contribution in [0.3, 0.4) is 0 Å². The van der Waals surface area contributed by atoms with Crippen LogP contribution in [-0.2, 0) is 9.47 Å². The van der Waals surface area contributed by atoms with E-state index in [1.807, 2.05) is 30.3 Å². The van der Waals surface area contributed by atoms with Crippen molar-refractivity contribution in [3.05, 3.63) is 54.1 Å². The van der Waals surface area contributed by atoms with E-state index < -0.39 is 5.60 Å². The smallest absolute Gasteiger partial charge is 0.257 e. The Bertz CT molecular complexity index is 723. The first-order valence-electron chi connectivity index (χ1n) is 8.51. The molecule has 138 valence electrons. The number of rotatable bonds is 5. The van der Waals surface area contributed by atoms with Crippen molar-refractivity contribution < 1.29 is 19.0 Å². The Kier molecular flexibility index (Phi) is 5.80. The molecule has 1 aliphatic rings. The lowest BCUT2D eigenvalue weighted by molar-refractivity contribution is -0.0898. The van der Waals surface area contributed by atoms with Crippen LogP contribution in [0.15, 0.2) is 42.7 Å². The Balaban J connectivity index is 1.73. The second-order valence-electron chi connectivity index (χ2n) is 6.29. The van der Waals surface area contributed by atoms with E-state index in [9.17, 15) is 4.79 Å². The summed E-state index contributed by atoms with van der Waals surface area (Å²) in [6.07, 6.45) is 3.09. The van der Waals surface area contributed by atoms with E-state index in [2.05, 4.69) is 9.97 Å². The topological polar surface area (TPSA) is 73.8 Å². The highest BCUT2D eigenvalue weighted by atomic mass is 16.6. The number of hydrogen-bond acceptors (Lipinski definition) is 6. The molecule has 1 amide bonds. The van der Waals surface area contributed by atoms with Crippen LogP contribution in [0.25, 0.3) is 0 Å². The fourth-order valence-corrected chi connectivity index (χ4v) is 2.77. The van der Waals surface area contributed by atoms with Gasteiger partial charge in [-0.3, -0.25) is 4.79 Å². The van der Waals surface area contributed by atoms with Crippen molar-refractivity contribution in [3.8, 4) is 5.75 Å². The number of benzene rings is 1. The van der Waals surface area contributed by atoms with Gasteiger partial charge in [0.1, 0.15) is 23.8 Å². The Morgan fingerprint density at radius 1 is 1.27 bits per heavy atom. The van der Waals surface area contributed by atoms with Gasteiger partial charge >= 0.3 is 0 Å². The summed E-state index contributed by atoms with van der Waals surface area (Å²) in [5.41, 5.74) is -0.292. The molecule has 0 N–H and O–H groups in total. The molecule has 1 aromatic heterocycles. The third-order valence-electron chi connectivity index (χ3n) is 4.34. The molecule has 0 aliphatic carbocycles. The number of nitrogens with zero attached hydrogens (tertiary/aromatic N) is 3. The highest BCUT2D eigenvalue weighted by Gasteiger charge is 2.38. The fourth-order valence-electron chi connectivity index (χ4n) is 2.77. The molecule has 0 unspecified atom stereocenters. The molecule has 1 atom stereocenters. The maximum absolute atomic E-state index is 12.8. The molecule has 1 aromatic carbocycles. The van der Waals surface area contributed by atoms with Gasteiger partial charge in [0, 0.05) is 26.0 Å². The summed E-state index contributed by atoms with van der Waals surface area (Å²) in [6.45, 7) is 3.69. The number of aryl methyl sites for hydroxylation is 1. The average Bonchev–Trinajstić information content (AvgIpc) is 2.91. The van der Waals surface area contributed by atoms with Crippen molar-refractivity contribution in [1.29, 1.82) is 0 Å². The molecular weight excluding hydrogens is 334 g/mol. The molecule has 0 bridgehead atoms. The van der Waals surface area contributed by atoms with Gasteiger partial charge in [-0.2, -0.15) is 0 Å². The standard InChI is InChI=1S/C19H23N3O4/c1-15-20-10-16(11-21-15)18(23)22-8-9-25-13-19(12-22,24-2)14-26-17-6-4-3-5-7-17/h3-7,10-11H,8-9,12-14H2,1-2H3/t19-/m0/s1. The minimum atomic E-state index is -0.743. The van der Waals surface area contributed by atoms with E-state index in [-0.39, 0.29) is 12.5 Å². The number of carbonyl (C=O) groups is 1. The molecule has 26 heavy (non-hydrogen) atoms. The highest BCUT2D eigenvalue weighted by molar-refractivity contribution is 5.93. The van der Waals surface area contributed by atoms with Crippen LogP contribution in [0.4, 0.5) is 0 Å². The van der Waals surface area contributed by atoms with E-state index in [0.717, 1.165) is 5.75 Å². The Hall–Kier alpha value is -2.51. The molecule has 0 saturated carbocycles. The first kappa shape index (κ1) is 18.3. The van der Waals surface area contributed by atoms with Crippen LogP contribution < -0.4 is 4.74 Å². The van der Waals surface area contributed by atoms with Crippen molar-refractivity contribution in [2.75, 3.05) is 40.0 Å². The molecule has 1 saturated heterocycles. The Morgan fingerprint density at radius 2 is 2.00 bits per heavy atom. The third-order valence-corrected chi connectivity index (χ3v) is 4.34. The zero-order chi connectivity index (χ0) is 18.4. The molecule has 1 fully saturated rings. The number of carbonyl (C=O) groups excluding carboxylic acids is 1. The summed E-state index contributed by atoms with van der Waals surface area (Å²) >= 11 is 0. The van der Waals surface area contributed by atoms with Gasteiger partial charge in [0.15, 0.2) is 0 Å². The van der Waals surface area contributed by atoms with Crippen LogP contribution in [-0.4, -0.2) is 66.4 Å². The summed E-state index contributed by atoms with van der Waals surface area (Å²) in [4.78, 5) is 22.8. The molecule has 0 radical (unpaired) electrons. The van der Waals surface area contributed by atoms with E-state index in [1.54, 1.807) is 31.3 Å². The number of para-hydroxylation sites is 1. The predicted molar refractivity (Wildman–Crippen MR) is 95.2 cm³/mol. The number of amides is 1. The molecule has 2 heterocycles. The van der Waals surface area contributed by atoms with Gasteiger partial charge in [-0.15, -0.1) is 0 Å². The Labute approximate surface area is 152 Å². The van der Waals surface area contributed by atoms with Crippen molar-refractivity contribution in [1.82, 2.24) is 14.9 Å². The van der Waals surface area contributed by atoms with Crippen LogP contribution in [0, 0.1) is 6.92 Å². The zero-order valence-electron chi connectivity index (χ0n) is 15.1. The van der Waals surface area contributed by atoms with Gasteiger partial charge in [-0.25, -0.2) is 9.97 Å². The quantitative estimate of drug-likeness (QED) is 0.811. The van der Waals surface area contributed by atoms with Crippen molar-refractivity contribution >= 4 is 5.91 Å². The normalized spacial score (nSPS) is 20.5. The summed E-state index contributed by atoms with van der Waals surface area (Å²) in [5, 5.41) is 0. The van der Waals surface area contributed by atoms with Gasteiger partial charge < -0.3 is 19.1 Å². The van der Waals surface area contributed by atoms with Gasteiger partial charge in [0.2, 0.25) is 0 Å². The van der Waals surface area contributed by atoms with Crippen LogP contribution >= 0.6 is 0 Å².